The number of hydrogen-bond donors (Lipinski definition) is 0. The second-order valence-corrected chi connectivity index (χ2v) is 5.97. The molecule has 118 valence electrons. The van der Waals surface area contributed by atoms with Gasteiger partial charge in [0.25, 0.3) is 0 Å². The van der Waals surface area contributed by atoms with Crippen LogP contribution in [0, 0.1) is 5.92 Å². The first-order valence-corrected chi connectivity index (χ1v) is 6.95. The third-order valence-corrected chi connectivity index (χ3v) is 2.95. The van der Waals surface area contributed by atoms with Crippen molar-refractivity contribution in [3.63, 3.8) is 0 Å². The second-order valence-electron chi connectivity index (χ2n) is 5.97. The van der Waals surface area contributed by atoms with Crippen LogP contribution in [0.3, 0.4) is 0 Å². The van der Waals surface area contributed by atoms with Gasteiger partial charge in [-0.3, -0.25) is 0 Å². The second kappa shape index (κ2) is 7.20. The molecule has 0 aliphatic heterocycles. The number of carbonyl (C=O) groups excluding carboxylic acids is 1. The summed E-state index contributed by atoms with van der Waals surface area (Å²) < 4.78 is 15.9. The first kappa shape index (κ1) is 17.1. The molecular formula is C16H25NO4. The fourth-order valence-electron chi connectivity index (χ4n) is 2.02. The molecule has 0 saturated carbocycles. The summed E-state index contributed by atoms with van der Waals surface area (Å²) in [6.45, 7) is 7.52. The zero-order valence-corrected chi connectivity index (χ0v) is 13.6. The predicted octanol–water partition coefficient (Wildman–Crippen LogP) is 3.98. The molecule has 0 spiro atoms. The number of rotatable bonds is 5. The van der Waals surface area contributed by atoms with Crippen LogP contribution in [0.2, 0.25) is 0 Å². The molecule has 0 fully saturated rings. The molecule has 0 bridgehead atoms. The standard InChI is InChI=1S/C16H25NO4/c1-12(9-11-19-6)14(13-8-7-10-20-13)17(5)15(18)21-16(2,3)4/h7-12,14H,1-6H3/b11-9-/t12-,14+/m1/s1. The molecule has 21 heavy (non-hydrogen) atoms. The van der Waals surface area contributed by atoms with Gasteiger partial charge in [-0.25, -0.2) is 4.79 Å². The summed E-state index contributed by atoms with van der Waals surface area (Å²) in [5.74, 6) is 0.713. The number of hydrogen-bond acceptors (Lipinski definition) is 4. The van der Waals surface area contributed by atoms with E-state index in [4.69, 9.17) is 13.9 Å². The van der Waals surface area contributed by atoms with Gasteiger partial charge < -0.3 is 18.8 Å². The van der Waals surface area contributed by atoms with Gasteiger partial charge in [-0.15, -0.1) is 0 Å². The van der Waals surface area contributed by atoms with E-state index in [1.165, 1.54) is 0 Å². The van der Waals surface area contributed by atoms with Gasteiger partial charge in [-0.1, -0.05) is 6.92 Å². The van der Waals surface area contributed by atoms with Crippen molar-refractivity contribution in [1.82, 2.24) is 4.90 Å². The van der Waals surface area contributed by atoms with Crippen molar-refractivity contribution >= 4 is 6.09 Å². The molecule has 0 aromatic carbocycles. The molecule has 0 N–H and O–H groups in total. The smallest absolute Gasteiger partial charge is 0.410 e. The van der Waals surface area contributed by atoms with Gasteiger partial charge in [0, 0.05) is 13.0 Å². The zero-order valence-electron chi connectivity index (χ0n) is 13.6. The van der Waals surface area contributed by atoms with Crippen molar-refractivity contribution in [2.45, 2.75) is 39.3 Å². The quantitative estimate of drug-likeness (QED) is 0.771. The number of amides is 1. The number of ether oxygens (including phenoxy) is 2. The molecule has 1 amide bonds. The van der Waals surface area contributed by atoms with E-state index < -0.39 is 5.60 Å². The molecule has 0 saturated heterocycles. The topological polar surface area (TPSA) is 51.9 Å². The number of furan rings is 1. The Morgan fingerprint density at radius 3 is 2.57 bits per heavy atom. The third-order valence-electron chi connectivity index (χ3n) is 2.95. The van der Waals surface area contributed by atoms with Crippen molar-refractivity contribution < 1.29 is 18.7 Å². The highest BCUT2D eigenvalue weighted by molar-refractivity contribution is 5.68. The van der Waals surface area contributed by atoms with Gasteiger partial charge in [0.2, 0.25) is 0 Å². The van der Waals surface area contributed by atoms with Crippen molar-refractivity contribution in [2.75, 3.05) is 14.2 Å². The fourth-order valence-corrected chi connectivity index (χ4v) is 2.02. The molecule has 0 unspecified atom stereocenters. The lowest BCUT2D eigenvalue weighted by Gasteiger charge is -2.32. The van der Waals surface area contributed by atoms with Crippen molar-refractivity contribution in [2.24, 2.45) is 5.92 Å². The van der Waals surface area contributed by atoms with Crippen molar-refractivity contribution in [3.05, 3.63) is 36.5 Å². The Kier molecular flexibility index (Phi) is 5.88. The van der Waals surface area contributed by atoms with Crippen molar-refractivity contribution in [1.29, 1.82) is 0 Å². The van der Waals surface area contributed by atoms with Crippen LogP contribution in [0.5, 0.6) is 0 Å². The van der Waals surface area contributed by atoms with Crippen LogP contribution in [0.25, 0.3) is 0 Å². The molecule has 2 atom stereocenters. The predicted molar refractivity (Wildman–Crippen MR) is 80.8 cm³/mol. The summed E-state index contributed by atoms with van der Waals surface area (Å²) in [6, 6.07) is 3.39. The lowest BCUT2D eigenvalue weighted by Crippen LogP contribution is -2.38. The normalized spacial score (nSPS) is 14.8. The molecule has 1 heterocycles. The SMILES string of the molecule is CO/C=C\[C@@H](C)[C@@H](c1ccco1)N(C)C(=O)OC(C)(C)C. The van der Waals surface area contributed by atoms with E-state index in [9.17, 15) is 4.79 Å². The van der Waals surface area contributed by atoms with Gasteiger partial charge in [-0.05, 0) is 39.0 Å². The maximum Gasteiger partial charge on any atom is 0.410 e. The molecule has 5 nitrogen and oxygen atoms in total. The van der Waals surface area contributed by atoms with Crippen LogP contribution in [0.15, 0.2) is 35.2 Å². The Labute approximate surface area is 126 Å². The van der Waals surface area contributed by atoms with E-state index in [1.54, 1.807) is 37.6 Å². The van der Waals surface area contributed by atoms with Crippen LogP contribution >= 0.6 is 0 Å². The van der Waals surface area contributed by atoms with Gasteiger partial charge >= 0.3 is 6.09 Å². The molecule has 0 aliphatic rings. The highest BCUT2D eigenvalue weighted by Crippen LogP contribution is 2.30. The van der Waals surface area contributed by atoms with Crippen LogP contribution in [0.4, 0.5) is 4.79 Å². The van der Waals surface area contributed by atoms with E-state index >= 15 is 0 Å². The summed E-state index contributed by atoms with van der Waals surface area (Å²) >= 11 is 0. The largest absolute Gasteiger partial charge is 0.505 e. The van der Waals surface area contributed by atoms with E-state index in [0.29, 0.717) is 5.76 Å². The van der Waals surface area contributed by atoms with Crippen LogP contribution in [0.1, 0.15) is 39.5 Å². The third kappa shape index (κ3) is 5.17. The average molecular weight is 295 g/mol. The number of methoxy groups -OCH3 is 1. The minimum atomic E-state index is -0.537. The van der Waals surface area contributed by atoms with E-state index in [1.807, 2.05) is 39.8 Å². The molecule has 0 radical (unpaired) electrons. The Bertz CT molecular complexity index is 459. The Morgan fingerprint density at radius 1 is 1.43 bits per heavy atom. The summed E-state index contributed by atoms with van der Waals surface area (Å²) in [5.41, 5.74) is -0.537. The minimum absolute atomic E-state index is 0.00798. The molecule has 1 rings (SSSR count). The first-order valence-electron chi connectivity index (χ1n) is 6.95. The van der Waals surface area contributed by atoms with Crippen LogP contribution < -0.4 is 0 Å². The molecule has 1 aromatic heterocycles. The summed E-state index contributed by atoms with van der Waals surface area (Å²) in [4.78, 5) is 13.8. The van der Waals surface area contributed by atoms with E-state index in [2.05, 4.69) is 0 Å². The van der Waals surface area contributed by atoms with Crippen LogP contribution in [-0.2, 0) is 9.47 Å². The lowest BCUT2D eigenvalue weighted by molar-refractivity contribution is 0.0163. The first-order chi connectivity index (χ1) is 9.76. The highest BCUT2D eigenvalue weighted by Gasteiger charge is 2.31. The fraction of sp³-hybridized carbons (Fsp3) is 0.562. The van der Waals surface area contributed by atoms with Crippen molar-refractivity contribution in [3.8, 4) is 0 Å². The maximum absolute atomic E-state index is 12.3. The maximum atomic E-state index is 12.3. The van der Waals surface area contributed by atoms with Crippen LogP contribution in [-0.4, -0.2) is 30.8 Å². The van der Waals surface area contributed by atoms with Gasteiger partial charge in [0.15, 0.2) is 0 Å². The monoisotopic (exact) mass is 295 g/mol. The number of nitrogens with zero attached hydrogens (tertiary/aromatic N) is 1. The molecule has 0 aliphatic carbocycles. The van der Waals surface area contributed by atoms with Gasteiger partial charge in [0.05, 0.1) is 25.7 Å². The Hall–Kier alpha value is -1.91. The molecule has 5 heteroatoms. The summed E-state index contributed by atoms with van der Waals surface area (Å²) in [5, 5.41) is 0. The molecule has 1 aromatic rings. The van der Waals surface area contributed by atoms with Gasteiger partial charge in [-0.2, -0.15) is 0 Å². The van der Waals surface area contributed by atoms with E-state index in [0.717, 1.165) is 0 Å². The zero-order chi connectivity index (χ0) is 16.0. The van der Waals surface area contributed by atoms with E-state index in [-0.39, 0.29) is 18.1 Å². The Balaban J connectivity index is 2.96. The lowest BCUT2D eigenvalue weighted by atomic mass is 9.98. The van der Waals surface area contributed by atoms with Gasteiger partial charge in [0.1, 0.15) is 11.4 Å². The number of carbonyl (C=O) groups is 1. The Morgan fingerprint density at radius 2 is 2.10 bits per heavy atom. The minimum Gasteiger partial charge on any atom is -0.505 e. The summed E-state index contributed by atoms with van der Waals surface area (Å²) in [6.07, 6.45) is 4.69. The summed E-state index contributed by atoms with van der Waals surface area (Å²) in [7, 11) is 3.29. The molecular weight excluding hydrogens is 270 g/mol. The highest BCUT2D eigenvalue weighted by atomic mass is 16.6. The average Bonchev–Trinajstić information content (AvgIpc) is 2.88.